The fourth-order valence-corrected chi connectivity index (χ4v) is 4.65. The van der Waals surface area contributed by atoms with Crippen LogP contribution in [0.25, 0.3) is 0 Å². The predicted molar refractivity (Wildman–Crippen MR) is 70.8 cm³/mol. The van der Waals surface area contributed by atoms with E-state index in [1.165, 1.54) is 4.31 Å². The molecule has 0 aromatic rings. The maximum Gasteiger partial charge on any atom is 0.306 e. The molecule has 0 aromatic carbocycles. The minimum absolute atomic E-state index is 0.324. The van der Waals surface area contributed by atoms with Crippen molar-refractivity contribution in [3.05, 3.63) is 0 Å². The van der Waals surface area contributed by atoms with Gasteiger partial charge < -0.3 is 5.11 Å². The van der Waals surface area contributed by atoms with Gasteiger partial charge in [0, 0.05) is 26.2 Å². The van der Waals surface area contributed by atoms with Crippen molar-refractivity contribution in [3.8, 4) is 0 Å². The molecule has 0 aromatic heterocycles. The molecule has 0 spiro atoms. The second-order valence-corrected chi connectivity index (χ2v) is 7.55. The van der Waals surface area contributed by atoms with Gasteiger partial charge in [-0.05, 0) is 31.6 Å². The van der Waals surface area contributed by atoms with Gasteiger partial charge >= 0.3 is 5.97 Å². The first-order valence-corrected chi connectivity index (χ1v) is 8.29. The normalized spacial score (nSPS) is 28.4. The molecule has 1 unspecified atom stereocenters. The first-order valence-electron chi connectivity index (χ1n) is 6.89. The number of rotatable bonds is 3. The molecule has 2 fully saturated rings. The van der Waals surface area contributed by atoms with Crippen LogP contribution in [0.3, 0.4) is 0 Å². The number of nitrogens with zero attached hydrogens (tertiary/aromatic N) is 2. The summed E-state index contributed by atoms with van der Waals surface area (Å²) in [5.74, 6) is -0.810. The smallest absolute Gasteiger partial charge is 0.306 e. The van der Waals surface area contributed by atoms with E-state index in [1.54, 1.807) is 4.31 Å². The molecule has 1 N–H and O–H groups in total. The highest BCUT2D eigenvalue weighted by molar-refractivity contribution is 7.86. The fourth-order valence-electron chi connectivity index (χ4n) is 2.85. The van der Waals surface area contributed by atoms with Crippen LogP contribution in [0.15, 0.2) is 0 Å². The zero-order valence-corrected chi connectivity index (χ0v) is 12.1. The van der Waals surface area contributed by atoms with Gasteiger partial charge in [-0.25, -0.2) is 0 Å². The molecule has 2 rings (SSSR count). The second-order valence-electron chi connectivity index (χ2n) is 5.62. The molecular weight excluding hydrogens is 268 g/mol. The van der Waals surface area contributed by atoms with Gasteiger partial charge in [0.15, 0.2) is 0 Å². The SMILES string of the molecule is CC1CCCN(S(=O)(=O)N2CCC(C(=O)O)CC2)C1. The van der Waals surface area contributed by atoms with Crippen LogP contribution in [0.4, 0.5) is 0 Å². The Hall–Kier alpha value is -0.660. The van der Waals surface area contributed by atoms with Crippen LogP contribution in [0.2, 0.25) is 0 Å². The van der Waals surface area contributed by atoms with Gasteiger partial charge in [-0.3, -0.25) is 4.79 Å². The summed E-state index contributed by atoms with van der Waals surface area (Å²) >= 11 is 0. The van der Waals surface area contributed by atoms with E-state index in [1.807, 2.05) is 0 Å². The van der Waals surface area contributed by atoms with Gasteiger partial charge in [0.25, 0.3) is 10.2 Å². The van der Waals surface area contributed by atoms with Gasteiger partial charge in [0.05, 0.1) is 5.92 Å². The van der Waals surface area contributed by atoms with E-state index >= 15 is 0 Å². The summed E-state index contributed by atoms with van der Waals surface area (Å²) in [5, 5.41) is 8.93. The lowest BCUT2D eigenvalue weighted by molar-refractivity contribution is -0.142. The summed E-state index contributed by atoms with van der Waals surface area (Å²) in [4.78, 5) is 10.9. The molecule has 0 saturated carbocycles. The first kappa shape index (κ1) is 14.7. The average Bonchev–Trinajstić information content (AvgIpc) is 2.39. The van der Waals surface area contributed by atoms with E-state index < -0.39 is 22.1 Å². The molecule has 0 radical (unpaired) electrons. The number of carboxylic acids is 1. The van der Waals surface area contributed by atoms with Crippen molar-refractivity contribution in [2.24, 2.45) is 11.8 Å². The number of carboxylic acid groups (broad SMARTS) is 1. The molecule has 6 nitrogen and oxygen atoms in total. The van der Waals surface area contributed by atoms with E-state index in [2.05, 4.69) is 6.92 Å². The maximum atomic E-state index is 12.5. The Kier molecular flexibility index (Phi) is 4.47. The van der Waals surface area contributed by atoms with Crippen LogP contribution in [0.5, 0.6) is 0 Å². The first-order chi connectivity index (χ1) is 8.91. The highest BCUT2D eigenvalue weighted by Gasteiger charge is 2.36. The minimum Gasteiger partial charge on any atom is -0.481 e. The number of hydrogen-bond acceptors (Lipinski definition) is 3. The molecule has 2 heterocycles. The van der Waals surface area contributed by atoms with Crippen molar-refractivity contribution in [2.75, 3.05) is 26.2 Å². The summed E-state index contributed by atoms with van der Waals surface area (Å²) in [7, 11) is -3.39. The summed E-state index contributed by atoms with van der Waals surface area (Å²) in [6.45, 7) is 3.89. The molecule has 110 valence electrons. The Morgan fingerprint density at radius 3 is 2.26 bits per heavy atom. The van der Waals surface area contributed by atoms with Crippen molar-refractivity contribution in [2.45, 2.75) is 32.6 Å². The van der Waals surface area contributed by atoms with Crippen LogP contribution in [0, 0.1) is 11.8 Å². The Bertz CT molecular complexity index is 429. The zero-order valence-electron chi connectivity index (χ0n) is 11.3. The van der Waals surface area contributed by atoms with E-state index in [0.29, 0.717) is 44.9 Å². The molecular formula is C12H22N2O4S. The van der Waals surface area contributed by atoms with Gasteiger partial charge in [-0.2, -0.15) is 17.0 Å². The summed E-state index contributed by atoms with van der Waals surface area (Å²) in [6.07, 6.45) is 2.81. The van der Waals surface area contributed by atoms with Crippen LogP contribution >= 0.6 is 0 Å². The largest absolute Gasteiger partial charge is 0.481 e. The van der Waals surface area contributed by atoms with Crippen LogP contribution in [-0.4, -0.2) is 54.3 Å². The van der Waals surface area contributed by atoms with Crippen molar-refractivity contribution >= 4 is 16.2 Å². The van der Waals surface area contributed by atoms with Gasteiger partial charge in [0.1, 0.15) is 0 Å². The molecule has 2 aliphatic rings. The maximum absolute atomic E-state index is 12.5. The molecule has 0 bridgehead atoms. The zero-order chi connectivity index (χ0) is 14.0. The van der Waals surface area contributed by atoms with Gasteiger partial charge in [0.2, 0.25) is 0 Å². The highest BCUT2D eigenvalue weighted by Crippen LogP contribution is 2.25. The van der Waals surface area contributed by atoms with Crippen LogP contribution < -0.4 is 0 Å². The fraction of sp³-hybridized carbons (Fsp3) is 0.917. The third-order valence-corrected chi connectivity index (χ3v) is 6.08. The molecule has 0 aliphatic carbocycles. The number of carbonyl (C=O) groups is 1. The molecule has 0 amide bonds. The third kappa shape index (κ3) is 3.27. The van der Waals surface area contributed by atoms with Crippen LogP contribution in [0.1, 0.15) is 32.6 Å². The molecule has 2 aliphatic heterocycles. The summed E-state index contributed by atoms with van der Waals surface area (Å²) in [6, 6.07) is 0. The molecule has 2 saturated heterocycles. The van der Waals surface area contributed by atoms with E-state index in [4.69, 9.17) is 5.11 Å². The van der Waals surface area contributed by atoms with E-state index in [-0.39, 0.29) is 0 Å². The van der Waals surface area contributed by atoms with Gasteiger partial charge in [-0.15, -0.1) is 0 Å². The number of hydrogen-bond donors (Lipinski definition) is 1. The molecule has 1 atom stereocenters. The summed E-state index contributed by atoms with van der Waals surface area (Å²) < 4.78 is 27.9. The lowest BCUT2D eigenvalue weighted by Crippen LogP contribution is -2.50. The standard InChI is InChI=1S/C12H22N2O4S/c1-10-3-2-6-14(9-10)19(17,18)13-7-4-11(5-8-13)12(15)16/h10-11H,2-9H2,1H3,(H,15,16). The summed E-state index contributed by atoms with van der Waals surface area (Å²) in [5.41, 5.74) is 0. The van der Waals surface area contributed by atoms with Gasteiger partial charge in [-0.1, -0.05) is 6.92 Å². The Morgan fingerprint density at radius 2 is 1.74 bits per heavy atom. The molecule has 7 heteroatoms. The topological polar surface area (TPSA) is 77.9 Å². The lowest BCUT2D eigenvalue weighted by atomic mass is 9.99. The van der Waals surface area contributed by atoms with E-state index in [0.717, 1.165) is 12.8 Å². The average molecular weight is 290 g/mol. The monoisotopic (exact) mass is 290 g/mol. The van der Waals surface area contributed by atoms with Crippen molar-refractivity contribution < 1.29 is 18.3 Å². The highest BCUT2D eigenvalue weighted by atomic mass is 32.2. The minimum atomic E-state index is -3.39. The Morgan fingerprint density at radius 1 is 1.11 bits per heavy atom. The lowest BCUT2D eigenvalue weighted by Gasteiger charge is -2.36. The van der Waals surface area contributed by atoms with E-state index in [9.17, 15) is 13.2 Å². The number of piperidine rings is 2. The number of aliphatic carboxylic acids is 1. The Balaban J connectivity index is 1.99. The third-order valence-electron chi connectivity index (χ3n) is 4.08. The predicted octanol–water partition coefficient (Wildman–Crippen LogP) is 0.760. The quantitative estimate of drug-likeness (QED) is 0.832. The second kappa shape index (κ2) is 5.76. The molecule has 19 heavy (non-hydrogen) atoms. The van der Waals surface area contributed by atoms with Crippen molar-refractivity contribution in [1.29, 1.82) is 0 Å². The van der Waals surface area contributed by atoms with Crippen LogP contribution in [-0.2, 0) is 15.0 Å². The Labute approximate surface area is 114 Å². The van der Waals surface area contributed by atoms with Crippen molar-refractivity contribution in [3.63, 3.8) is 0 Å². The van der Waals surface area contributed by atoms with Crippen molar-refractivity contribution in [1.82, 2.24) is 8.61 Å².